The zero-order valence-electron chi connectivity index (χ0n) is 17.2. The van der Waals surface area contributed by atoms with Crippen LogP contribution < -0.4 is 11.1 Å². The van der Waals surface area contributed by atoms with Crippen LogP contribution in [0.1, 0.15) is 38.7 Å². The normalized spacial score (nSPS) is 15.9. The highest BCUT2D eigenvalue weighted by atomic mass is 35.5. The zero-order chi connectivity index (χ0) is 20.8. The van der Waals surface area contributed by atoms with Gasteiger partial charge in [-0.05, 0) is 48.4 Å². The number of nitrogens with two attached hydrogens (primary N) is 1. The minimum atomic E-state index is 0.286. The molecule has 7 heteroatoms. The standard InChI is InChI=1S/C22H30ClN5O/c1-15(2)9-22(29)28-7-5-16(6-8-28)12-25-13-18(11-24)17-10-20-19(26-14-17)3-4-21(23)27-20/h3-4,10,13-16,25H,5-9,11-12,24H2,1-2H3/b18-13+. The molecule has 156 valence electrons. The first-order valence-electron chi connectivity index (χ1n) is 10.3. The molecule has 1 saturated heterocycles. The van der Waals surface area contributed by atoms with Crippen molar-refractivity contribution in [2.24, 2.45) is 17.6 Å². The molecule has 2 aromatic heterocycles. The highest BCUT2D eigenvalue weighted by Crippen LogP contribution is 2.20. The quantitative estimate of drug-likeness (QED) is 0.676. The fourth-order valence-corrected chi connectivity index (χ4v) is 3.79. The van der Waals surface area contributed by atoms with Gasteiger partial charge in [-0.25, -0.2) is 4.98 Å². The fourth-order valence-electron chi connectivity index (χ4n) is 3.63. The Hall–Kier alpha value is -2.18. The van der Waals surface area contributed by atoms with Gasteiger partial charge in [0.1, 0.15) is 5.15 Å². The number of piperidine rings is 1. The Kier molecular flexibility index (Phi) is 7.45. The SMILES string of the molecule is CC(C)CC(=O)N1CCC(CN/C=C(\CN)c2cnc3ccc(Cl)nc3c2)CC1. The lowest BCUT2D eigenvalue weighted by Gasteiger charge is -2.32. The molecule has 3 rings (SSSR count). The number of pyridine rings is 2. The van der Waals surface area contributed by atoms with Gasteiger partial charge >= 0.3 is 0 Å². The van der Waals surface area contributed by atoms with Crippen LogP contribution in [-0.2, 0) is 4.79 Å². The minimum Gasteiger partial charge on any atom is -0.390 e. The van der Waals surface area contributed by atoms with Gasteiger partial charge in [0.05, 0.1) is 11.0 Å². The molecule has 29 heavy (non-hydrogen) atoms. The Morgan fingerprint density at radius 3 is 2.79 bits per heavy atom. The van der Waals surface area contributed by atoms with Crippen LogP contribution in [0.5, 0.6) is 0 Å². The second-order valence-electron chi connectivity index (χ2n) is 8.10. The average Bonchev–Trinajstić information content (AvgIpc) is 2.70. The van der Waals surface area contributed by atoms with Crippen molar-refractivity contribution in [1.29, 1.82) is 0 Å². The molecular formula is C22H30ClN5O. The van der Waals surface area contributed by atoms with Gasteiger partial charge in [-0.2, -0.15) is 0 Å². The van der Waals surface area contributed by atoms with E-state index in [0.29, 0.717) is 30.0 Å². The Morgan fingerprint density at radius 2 is 2.10 bits per heavy atom. The van der Waals surface area contributed by atoms with Gasteiger partial charge in [-0.15, -0.1) is 0 Å². The second kappa shape index (κ2) is 10.0. The molecule has 0 bridgehead atoms. The van der Waals surface area contributed by atoms with E-state index in [2.05, 4.69) is 29.1 Å². The lowest BCUT2D eigenvalue weighted by atomic mass is 9.96. The van der Waals surface area contributed by atoms with Gasteiger partial charge < -0.3 is 16.0 Å². The van der Waals surface area contributed by atoms with E-state index in [1.165, 1.54) is 0 Å². The van der Waals surface area contributed by atoms with Gasteiger partial charge in [-0.3, -0.25) is 9.78 Å². The summed E-state index contributed by atoms with van der Waals surface area (Å²) >= 11 is 5.99. The van der Waals surface area contributed by atoms with Crippen molar-refractivity contribution in [3.05, 3.63) is 41.3 Å². The number of hydrogen-bond acceptors (Lipinski definition) is 5. The van der Waals surface area contributed by atoms with E-state index in [-0.39, 0.29) is 5.91 Å². The van der Waals surface area contributed by atoms with Crippen LogP contribution in [0, 0.1) is 11.8 Å². The van der Waals surface area contributed by atoms with Gasteiger partial charge in [0, 0.05) is 50.6 Å². The van der Waals surface area contributed by atoms with Crippen LogP contribution in [0.3, 0.4) is 0 Å². The number of carbonyl (C=O) groups excluding carboxylic acids is 1. The Bertz CT molecular complexity index is 875. The van der Waals surface area contributed by atoms with E-state index >= 15 is 0 Å². The van der Waals surface area contributed by atoms with Gasteiger partial charge in [0.15, 0.2) is 0 Å². The van der Waals surface area contributed by atoms with E-state index in [0.717, 1.165) is 54.6 Å². The summed E-state index contributed by atoms with van der Waals surface area (Å²) in [5.41, 5.74) is 9.44. The summed E-state index contributed by atoms with van der Waals surface area (Å²) in [6.07, 6.45) is 6.50. The third kappa shape index (κ3) is 5.90. The molecule has 0 radical (unpaired) electrons. The summed E-state index contributed by atoms with van der Waals surface area (Å²) in [7, 11) is 0. The lowest BCUT2D eigenvalue weighted by molar-refractivity contribution is -0.133. The van der Waals surface area contributed by atoms with Crippen LogP contribution in [0.2, 0.25) is 5.15 Å². The van der Waals surface area contributed by atoms with Crippen molar-refractivity contribution in [3.8, 4) is 0 Å². The first-order valence-corrected chi connectivity index (χ1v) is 10.7. The number of halogens is 1. The molecule has 0 saturated carbocycles. The number of rotatable bonds is 7. The molecule has 1 aliphatic heterocycles. The lowest BCUT2D eigenvalue weighted by Crippen LogP contribution is -2.40. The summed E-state index contributed by atoms with van der Waals surface area (Å²) in [6.45, 7) is 7.17. The number of amides is 1. The number of likely N-dealkylation sites (tertiary alicyclic amines) is 1. The maximum Gasteiger partial charge on any atom is 0.222 e. The second-order valence-corrected chi connectivity index (χ2v) is 8.49. The molecule has 1 aliphatic rings. The molecule has 0 atom stereocenters. The van der Waals surface area contributed by atoms with Gasteiger partial charge in [0.25, 0.3) is 0 Å². The summed E-state index contributed by atoms with van der Waals surface area (Å²) in [4.78, 5) is 23.0. The van der Waals surface area contributed by atoms with Gasteiger partial charge in [0.2, 0.25) is 5.91 Å². The number of fused-ring (bicyclic) bond motifs is 1. The van der Waals surface area contributed by atoms with Crippen molar-refractivity contribution in [2.45, 2.75) is 33.1 Å². The molecule has 0 unspecified atom stereocenters. The topological polar surface area (TPSA) is 84.1 Å². The highest BCUT2D eigenvalue weighted by Gasteiger charge is 2.22. The molecule has 6 nitrogen and oxygen atoms in total. The van der Waals surface area contributed by atoms with Crippen LogP contribution in [0.15, 0.2) is 30.6 Å². The number of nitrogens with zero attached hydrogens (tertiary/aromatic N) is 3. The monoisotopic (exact) mass is 415 g/mol. The molecule has 3 N–H and O–H groups in total. The summed E-state index contributed by atoms with van der Waals surface area (Å²) < 4.78 is 0. The zero-order valence-corrected chi connectivity index (χ0v) is 18.0. The number of nitrogens with one attached hydrogen (secondary N) is 1. The van der Waals surface area contributed by atoms with E-state index in [9.17, 15) is 4.79 Å². The fraction of sp³-hybridized carbons (Fsp3) is 0.500. The third-order valence-electron chi connectivity index (χ3n) is 5.33. The average molecular weight is 416 g/mol. The molecule has 0 aromatic carbocycles. The van der Waals surface area contributed by atoms with E-state index < -0.39 is 0 Å². The van der Waals surface area contributed by atoms with Gasteiger partial charge in [-0.1, -0.05) is 25.4 Å². The largest absolute Gasteiger partial charge is 0.390 e. The molecule has 0 aliphatic carbocycles. The maximum absolute atomic E-state index is 12.2. The van der Waals surface area contributed by atoms with E-state index in [1.807, 2.05) is 29.4 Å². The van der Waals surface area contributed by atoms with Crippen molar-refractivity contribution >= 4 is 34.1 Å². The highest BCUT2D eigenvalue weighted by molar-refractivity contribution is 6.29. The number of aromatic nitrogens is 2. The molecule has 3 heterocycles. The predicted molar refractivity (Wildman–Crippen MR) is 118 cm³/mol. The van der Waals surface area contributed by atoms with Crippen molar-refractivity contribution < 1.29 is 4.79 Å². The summed E-state index contributed by atoms with van der Waals surface area (Å²) in [5, 5.41) is 3.87. The summed E-state index contributed by atoms with van der Waals surface area (Å²) in [5.74, 6) is 1.26. The van der Waals surface area contributed by atoms with Crippen LogP contribution >= 0.6 is 11.6 Å². The first-order chi connectivity index (χ1) is 14.0. The van der Waals surface area contributed by atoms with E-state index in [4.69, 9.17) is 17.3 Å². The number of carbonyl (C=O) groups is 1. The van der Waals surface area contributed by atoms with Crippen LogP contribution in [-0.4, -0.2) is 47.0 Å². The molecule has 2 aromatic rings. The predicted octanol–water partition coefficient (Wildman–Crippen LogP) is 3.46. The Balaban J connectivity index is 1.55. The molecular weight excluding hydrogens is 386 g/mol. The van der Waals surface area contributed by atoms with Crippen molar-refractivity contribution in [2.75, 3.05) is 26.2 Å². The Morgan fingerprint density at radius 1 is 1.34 bits per heavy atom. The first kappa shape index (κ1) is 21.5. The molecule has 0 spiro atoms. The third-order valence-corrected chi connectivity index (χ3v) is 5.54. The van der Waals surface area contributed by atoms with Crippen LogP contribution in [0.25, 0.3) is 16.6 Å². The minimum absolute atomic E-state index is 0.286. The smallest absolute Gasteiger partial charge is 0.222 e. The Labute approximate surface area is 177 Å². The molecule has 1 fully saturated rings. The maximum atomic E-state index is 12.2. The van der Waals surface area contributed by atoms with Crippen LogP contribution in [0.4, 0.5) is 0 Å². The number of hydrogen-bond donors (Lipinski definition) is 2. The van der Waals surface area contributed by atoms with Crippen molar-refractivity contribution in [3.63, 3.8) is 0 Å². The van der Waals surface area contributed by atoms with E-state index in [1.54, 1.807) is 6.07 Å². The summed E-state index contributed by atoms with van der Waals surface area (Å²) in [6, 6.07) is 5.56. The van der Waals surface area contributed by atoms with Crippen molar-refractivity contribution in [1.82, 2.24) is 20.2 Å². The molecule has 1 amide bonds.